The Bertz CT molecular complexity index is 889. The first-order valence-electron chi connectivity index (χ1n) is 8.03. The number of thiophene rings is 1. The van der Waals surface area contributed by atoms with Crippen molar-refractivity contribution in [2.45, 2.75) is 13.0 Å². The number of aliphatic hydroxyl groups excluding tert-OH is 1. The Kier molecular flexibility index (Phi) is 5.46. The molecule has 136 valence electrons. The van der Waals surface area contributed by atoms with Gasteiger partial charge in [-0.3, -0.25) is 9.59 Å². The molecule has 1 unspecified atom stereocenters. The number of ether oxygens (including phenoxy) is 1. The van der Waals surface area contributed by atoms with Crippen LogP contribution in [0.2, 0.25) is 5.02 Å². The number of benzene rings is 1. The molecule has 7 heteroatoms. The average molecular weight is 392 g/mol. The van der Waals surface area contributed by atoms with Gasteiger partial charge in [-0.2, -0.15) is 0 Å². The fourth-order valence-corrected chi connectivity index (χ4v) is 4.27. The molecule has 0 bridgehead atoms. The van der Waals surface area contributed by atoms with Crippen LogP contribution in [-0.2, 0) is 14.3 Å². The van der Waals surface area contributed by atoms with Crippen LogP contribution in [0.15, 0.2) is 41.3 Å². The van der Waals surface area contributed by atoms with Crippen LogP contribution in [-0.4, -0.2) is 42.0 Å². The van der Waals surface area contributed by atoms with Gasteiger partial charge in [0, 0.05) is 29.1 Å². The number of hydrogen-bond donors (Lipinski definition) is 1. The number of halogens is 1. The molecule has 1 amide bonds. The number of amides is 1. The summed E-state index contributed by atoms with van der Waals surface area (Å²) in [4.78, 5) is 27.6. The highest BCUT2D eigenvalue weighted by Crippen LogP contribution is 2.42. The zero-order valence-corrected chi connectivity index (χ0v) is 15.9. The highest BCUT2D eigenvalue weighted by atomic mass is 35.5. The summed E-state index contributed by atoms with van der Waals surface area (Å²) in [5.74, 6) is -1.55. The minimum atomic E-state index is -0.698. The summed E-state index contributed by atoms with van der Waals surface area (Å²) in [5.41, 5.74) is 1.45. The first kappa shape index (κ1) is 18.6. The lowest BCUT2D eigenvalue weighted by Crippen LogP contribution is -2.32. The van der Waals surface area contributed by atoms with Crippen molar-refractivity contribution in [2.24, 2.45) is 0 Å². The van der Waals surface area contributed by atoms with Crippen molar-refractivity contribution in [1.82, 2.24) is 4.90 Å². The Morgan fingerprint density at radius 2 is 2.12 bits per heavy atom. The van der Waals surface area contributed by atoms with Gasteiger partial charge in [0.25, 0.3) is 11.7 Å². The largest absolute Gasteiger partial charge is 0.507 e. The van der Waals surface area contributed by atoms with Gasteiger partial charge in [0.1, 0.15) is 5.76 Å². The summed E-state index contributed by atoms with van der Waals surface area (Å²) in [5, 5.41) is 13.2. The van der Waals surface area contributed by atoms with Crippen molar-refractivity contribution in [3.8, 4) is 0 Å². The van der Waals surface area contributed by atoms with E-state index in [2.05, 4.69) is 0 Å². The fourth-order valence-electron chi connectivity index (χ4n) is 3.03. The highest BCUT2D eigenvalue weighted by molar-refractivity contribution is 7.10. The van der Waals surface area contributed by atoms with Crippen LogP contribution >= 0.6 is 22.9 Å². The maximum absolute atomic E-state index is 12.7. The van der Waals surface area contributed by atoms with E-state index < -0.39 is 17.7 Å². The van der Waals surface area contributed by atoms with E-state index in [0.717, 1.165) is 10.4 Å². The van der Waals surface area contributed by atoms with E-state index in [4.69, 9.17) is 16.3 Å². The molecule has 5 nitrogen and oxygen atoms in total. The number of carbonyl (C=O) groups excluding carboxylic acids is 2. The van der Waals surface area contributed by atoms with Crippen molar-refractivity contribution < 1.29 is 19.4 Å². The summed E-state index contributed by atoms with van der Waals surface area (Å²) >= 11 is 7.46. The first-order valence-corrected chi connectivity index (χ1v) is 9.28. The van der Waals surface area contributed by atoms with Gasteiger partial charge in [0.15, 0.2) is 0 Å². The lowest BCUT2D eigenvalue weighted by molar-refractivity contribution is -0.140. The summed E-state index contributed by atoms with van der Waals surface area (Å²) in [6.07, 6.45) is 0. The smallest absolute Gasteiger partial charge is 0.295 e. The minimum absolute atomic E-state index is 0.0823. The molecule has 1 atom stereocenters. The molecule has 2 aromatic rings. The Morgan fingerprint density at radius 1 is 1.35 bits per heavy atom. The molecule has 3 rings (SSSR count). The van der Waals surface area contributed by atoms with Crippen molar-refractivity contribution in [3.63, 3.8) is 0 Å². The Labute approximate surface area is 160 Å². The van der Waals surface area contributed by atoms with Crippen molar-refractivity contribution in [3.05, 3.63) is 62.3 Å². The SMILES string of the molecule is COCCN1C(=O)C(=O)/C(=C(\O)c2cccc(Cl)c2)C1c1sccc1C. The monoisotopic (exact) mass is 391 g/mol. The predicted molar refractivity (Wildman–Crippen MR) is 101 cm³/mol. The quantitative estimate of drug-likeness (QED) is 0.478. The predicted octanol–water partition coefficient (Wildman–Crippen LogP) is 3.78. The van der Waals surface area contributed by atoms with Gasteiger partial charge in [0.05, 0.1) is 18.2 Å². The maximum atomic E-state index is 12.7. The van der Waals surface area contributed by atoms with E-state index in [1.54, 1.807) is 24.3 Å². The second-order valence-corrected chi connectivity index (χ2v) is 7.35. The van der Waals surface area contributed by atoms with Crippen LogP contribution in [0, 0.1) is 6.92 Å². The number of carbonyl (C=O) groups is 2. The average Bonchev–Trinajstić information content (AvgIpc) is 3.14. The molecule has 1 aliphatic rings. The second-order valence-electron chi connectivity index (χ2n) is 5.96. The summed E-state index contributed by atoms with van der Waals surface area (Å²) in [6, 6.07) is 7.87. The van der Waals surface area contributed by atoms with Crippen molar-refractivity contribution in [1.29, 1.82) is 0 Å². The third kappa shape index (κ3) is 3.28. The number of rotatable bonds is 5. The molecule has 2 heterocycles. The molecule has 0 aliphatic carbocycles. The van der Waals surface area contributed by atoms with Crippen LogP contribution in [0.4, 0.5) is 0 Å². The first-order chi connectivity index (χ1) is 12.5. The maximum Gasteiger partial charge on any atom is 0.295 e. The molecule has 1 aromatic heterocycles. The number of aliphatic hydroxyl groups is 1. The Morgan fingerprint density at radius 3 is 2.73 bits per heavy atom. The molecule has 0 spiro atoms. The third-order valence-corrected chi connectivity index (χ3v) is 5.63. The van der Waals surface area contributed by atoms with Crippen LogP contribution in [0.25, 0.3) is 5.76 Å². The van der Waals surface area contributed by atoms with E-state index in [1.165, 1.54) is 23.3 Å². The zero-order chi connectivity index (χ0) is 18.8. The molecule has 1 saturated heterocycles. The molecule has 0 saturated carbocycles. The molecule has 26 heavy (non-hydrogen) atoms. The van der Waals surface area contributed by atoms with Gasteiger partial charge in [-0.1, -0.05) is 23.7 Å². The van der Waals surface area contributed by atoms with Gasteiger partial charge < -0.3 is 14.7 Å². The molecule has 1 fully saturated rings. The lowest BCUT2D eigenvalue weighted by atomic mass is 9.98. The van der Waals surface area contributed by atoms with E-state index in [-0.39, 0.29) is 17.9 Å². The number of ketones is 1. The van der Waals surface area contributed by atoms with Crippen LogP contribution < -0.4 is 0 Å². The van der Waals surface area contributed by atoms with Gasteiger partial charge in [0.2, 0.25) is 0 Å². The van der Waals surface area contributed by atoms with Gasteiger partial charge in [-0.05, 0) is 36.1 Å². The van der Waals surface area contributed by atoms with E-state index in [1.807, 2.05) is 18.4 Å². The van der Waals surface area contributed by atoms with Gasteiger partial charge in [-0.25, -0.2) is 0 Å². The molecular formula is C19H18ClNO4S. The van der Waals surface area contributed by atoms with E-state index in [0.29, 0.717) is 17.2 Å². The third-order valence-electron chi connectivity index (χ3n) is 4.32. The number of methoxy groups -OCH3 is 1. The summed E-state index contributed by atoms with van der Waals surface area (Å²) < 4.78 is 5.08. The topological polar surface area (TPSA) is 66.8 Å². The summed E-state index contributed by atoms with van der Waals surface area (Å²) in [7, 11) is 1.54. The van der Waals surface area contributed by atoms with Crippen LogP contribution in [0.5, 0.6) is 0 Å². The normalized spacial score (nSPS) is 19.3. The molecule has 1 aromatic carbocycles. The number of aryl methyl sites for hydroxylation is 1. The minimum Gasteiger partial charge on any atom is -0.507 e. The number of nitrogens with zero attached hydrogens (tertiary/aromatic N) is 1. The van der Waals surface area contributed by atoms with Gasteiger partial charge in [-0.15, -0.1) is 11.3 Å². The van der Waals surface area contributed by atoms with E-state index >= 15 is 0 Å². The van der Waals surface area contributed by atoms with Gasteiger partial charge >= 0.3 is 0 Å². The molecular weight excluding hydrogens is 374 g/mol. The Hall–Kier alpha value is -2.15. The second kappa shape index (κ2) is 7.61. The van der Waals surface area contributed by atoms with E-state index in [9.17, 15) is 14.7 Å². The standard InChI is InChI=1S/C19H18ClNO4S/c1-11-6-9-26-18(11)15-14(16(22)12-4-3-5-13(20)10-12)17(23)19(24)21(15)7-8-25-2/h3-6,9-10,15,22H,7-8H2,1-2H3/b16-14-. The highest BCUT2D eigenvalue weighted by Gasteiger charge is 2.46. The van der Waals surface area contributed by atoms with Crippen LogP contribution in [0.1, 0.15) is 22.0 Å². The van der Waals surface area contributed by atoms with Crippen LogP contribution in [0.3, 0.4) is 0 Å². The Balaban J connectivity index is 2.17. The molecule has 1 N–H and O–H groups in total. The zero-order valence-electron chi connectivity index (χ0n) is 14.4. The fraction of sp³-hybridized carbons (Fsp3) is 0.263. The number of likely N-dealkylation sites (tertiary alicyclic amines) is 1. The number of hydrogen-bond acceptors (Lipinski definition) is 5. The lowest BCUT2D eigenvalue weighted by Gasteiger charge is -2.24. The van der Waals surface area contributed by atoms with Crippen molar-refractivity contribution >= 4 is 40.4 Å². The molecule has 1 aliphatic heterocycles. The van der Waals surface area contributed by atoms with Crippen molar-refractivity contribution in [2.75, 3.05) is 20.3 Å². The molecule has 0 radical (unpaired) electrons. The number of Topliss-reactive ketones (excluding diaryl/α,β-unsaturated/α-hetero) is 1. The summed E-state index contributed by atoms with van der Waals surface area (Å²) in [6.45, 7) is 2.47.